The Morgan fingerprint density at radius 3 is 2.49 bits per heavy atom. The van der Waals surface area contributed by atoms with Crippen molar-refractivity contribution in [2.45, 2.75) is 77.2 Å². The molecule has 1 aromatic heterocycles. The van der Waals surface area contributed by atoms with Gasteiger partial charge in [0.15, 0.2) is 15.6 Å². The largest absolute Gasteiger partial charge is 0.399 e. The maximum absolute atomic E-state index is 13.6. The van der Waals surface area contributed by atoms with Gasteiger partial charge in [-0.15, -0.1) is 0 Å². The fourth-order valence-electron chi connectivity index (χ4n) is 4.43. The lowest BCUT2D eigenvalue weighted by Gasteiger charge is -2.21. The summed E-state index contributed by atoms with van der Waals surface area (Å²) in [5.41, 5.74) is 1.36. The second-order valence-corrected chi connectivity index (χ2v) is 12.8. The molecule has 2 heterocycles. The molecule has 0 saturated carbocycles. The zero-order valence-corrected chi connectivity index (χ0v) is 23.5. The number of ketones is 1. The standard InChI is InChI=1S/C25H35N3O7S2/c1-5-7-8-9-10-11-15-37(32,33)35-25-20(17-26-28(25)6-2)24(29)19-12-13-22-23(18(19)3)21(27-34-4)14-16-36(22,30)31/h12-13,17H,5-11,14-16H2,1-4H3/b27-21+. The number of nitrogens with zero attached hydrogens (tertiary/aromatic N) is 3. The van der Waals surface area contributed by atoms with Gasteiger partial charge in [0, 0.05) is 24.1 Å². The summed E-state index contributed by atoms with van der Waals surface area (Å²) < 4.78 is 57.5. The summed E-state index contributed by atoms with van der Waals surface area (Å²) in [4.78, 5) is 18.6. The van der Waals surface area contributed by atoms with Gasteiger partial charge in [0.2, 0.25) is 5.88 Å². The summed E-state index contributed by atoms with van der Waals surface area (Å²) in [6.45, 7) is 5.81. The zero-order valence-electron chi connectivity index (χ0n) is 21.8. The van der Waals surface area contributed by atoms with Gasteiger partial charge in [0.05, 0.1) is 28.3 Å². The SMILES string of the molecule is CCCCCCCCS(=O)(=O)Oc1c(C(=O)c2ccc3c(c2C)/C(=N/OC)CCS3(=O)=O)cnn1CC. The average molecular weight is 554 g/mol. The molecule has 0 bridgehead atoms. The van der Waals surface area contributed by atoms with Crippen LogP contribution in [0.2, 0.25) is 0 Å². The van der Waals surface area contributed by atoms with E-state index in [0.717, 1.165) is 32.1 Å². The maximum atomic E-state index is 13.6. The number of oxime groups is 1. The van der Waals surface area contributed by atoms with Crippen LogP contribution in [0.15, 0.2) is 28.4 Å². The van der Waals surface area contributed by atoms with Gasteiger partial charge in [0.25, 0.3) is 0 Å². The van der Waals surface area contributed by atoms with Gasteiger partial charge in [-0.2, -0.15) is 13.5 Å². The Morgan fingerprint density at radius 2 is 1.81 bits per heavy atom. The molecular formula is C25H35N3O7S2. The van der Waals surface area contributed by atoms with E-state index in [0.29, 0.717) is 29.8 Å². The summed E-state index contributed by atoms with van der Waals surface area (Å²) in [5.74, 6) is -0.931. The highest BCUT2D eigenvalue weighted by Crippen LogP contribution is 2.33. The topological polar surface area (TPSA) is 134 Å². The molecule has 12 heteroatoms. The van der Waals surface area contributed by atoms with Crippen LogP contribution >= 0.6 is 0 Å². The first kappa shape index (κ1) is 28.8. The molecule has 0 N–H and O–H groups in total. The number of rotatable bonds is 13. The molecule has 0 atom stereocenters. The third kappa shape index (κ3) is 6.59. The number of fused-ring (bicyclic) bond motifs is 1. The first-order chi connectivity index (χ1) is 17.6. The van der Waals surface area contributed by atoms with Crippen molar-refractivity contribution in [3.05, 3.63) is 40.6 Å². The van der Waals surface area contributed by atoms with Crippen LogP contribution in [-0.4, -0.2) is 56.7 Å². The van der Waals surface area contributed by atoms with Crippen LogP contribution in [0, 0.1) is 6.92 Å². The Labute approximate surface area is 219 Å². The van der Waals surface area contributed by atoms with Gasteiger partial charge in [-0.1, -0.05) is 44.2 Å². The minimum atomic E-state index is -3.95. The molecule has 204 valence electrons. The molecule has 0 radical (unpaired) electrons. The number of aryl methyl sites for hydroxylation is 1. The van der Waals surface area contributed by atoms with Crippen molar-refractivity contribution in [3.8, 4) is 5.88 Å². The number of unbranched alkanes of at least 4 members (excludes halogenated alkanes) is 5. The number of carbonyl (C=O) groups excluding carboxylic acids is 1. The van der Waals surface area contributed by atoms with Gasteiger partial charge in [-0.25, -0.2) is 13.1 Å². The average Bonchev–Trinajstić information content (AvgIpc) is 3.24. The van der Waals surface area contributed by atoms with Crippen LogP contribution < -0.4 is 4.18 Å². The zero-order chi connectivity index (χ0) is 27.2. The van der Waals surface area contributed by atoms with Crippen molar-refractivity contribution in [2.24, 2.45) is 5.16 Å². The quantitative estimate of drug-likeness (QED) is 0.157. The fraction of sp³-hybridized carbons (Fsp3) is 0.560. The number of carbonyl (C=O) groups is 1. The maximum Gasteiger partial charge on any atom is 0.310 e. The van der Waals surface area contributed by atoms with Gasteiger partial charge in [0.1, 0.15) is 12.7 Å². The number of hydrogen-bond donors (Lipinski definition) is 0. The van der Waals surface area contributed by atoms with E-state index in [1.54, 1.807) is 13.8 Å². The minimum Gasteiger partial charge on any atom is -0.399 e. The number of hydrogen-bond acceptors (Lipinski definition) is 9. The Bertz CT molecular complexity index is 1380. The Hall–Kier alpha value is -2.73. The summed E-state index contributed by atoms with van der Waals surface area (Å²) in [6, 6.07) is 2.82. The second kappa shape index (κ2) is 12.2. The molecule has 1 aliphatic heterocycles. The van der Waals surface area contributed by atoms with Crippen molar-refractivity contribution in [1.82, 2.24) is 9.78 Å². The minimum absolute atomic E-state index is 0.0136. The predicted molar refractivity (Wildman–Crippen MR) is 141 cm³/mol. The molecule has 2 aromatic rings. The smallest absolute Gasteiger partial charge is 0.310 e. The molecule has 37 heavy (non-hydrogen) atoms. The summed E-state index contributed by atoms with van der Waals surface area (Å²) in [5, 5.41) is 8.13. The highest BCUT2D eigenvalue weighted by molar-refractivity contribution is 7.91. The van der Waals surface area contributed by atoms with Crippen LogP contribution in [-0.2, 0) is 31.3 Å². The van der Waals surface area contributed by atoms with E-state index in [1.165, 1.54) is 30.1 Å². The van der Waals surface area contributed by atoms with Crippen LogP contribution in [0.1, 0.15) is 85.8 Å². The molecular weight excluding hydrogens is 518 g/mol. The van der Waals surface area contributed by atoms with Crippen molar-refractivity contribution >= 4 is 31.5 Å². The Morgan fingerprint density at radius 1 is 1.11 bits per heavy atom. The fourth-order valence-corrected chi connectivity index (χ4v) is 7.02. The molecule has 0 fully saturated rings. The molecule has 1 aromatic carbocycles. The first-order valence-electron chi connectivity index (χ1n) is 12.6. The van der Waals surface area contributed by atoms with E-state index in [4.69, 9.17) is 9.02 Å². The number of sulfone groups is 1. The predicted octanol–water partition coefficient (Wildman–Crippen LogP) is 4.04. The van der Waals surface area contributed by atoms with Crippen molar-refractivity contribution < 1.29 is 30.7 Å². The van der Waals surface area contributed by atoms with E-state index >= 15 is 0 Å². The van der Waals surface area contributed by atoms with Gasteiger partial charge >= 0.3 is 10.1 Å². The summed E-state index contributed by atoms with van der Waals surface area (Å²) in [6.07, 6.45) is 6.94. The third-order valence-corrected chi connectivity index (χ3v) is 9.35. The molecule has 0 saturated heterocycles. The van der Waals surface area contributed by atoms with Crippen molar-refractivity contribution in [1.29, 1.82) is 0 Å². The first-order valence-corrected chi connectivity index (χ1v) is 15.8. The van der Waals surface area contributed by atoms with Crippen LogP contribution in [0.5, 0.6) is 5.88 Å². The molecule has 1 aliphatic rings. The van der Waals surface area contributed by atoms with Crippen molar-refractivity contribution in [2.75, 3.05) is 18.6 Å². The Balaban J connectivity index is 1.93. The lowest BCUT2D eigenvalue weighted by molar-refractivity contribution is 0.103. The molecule has 0 amide bonds. The van der Waals surface area contributed by atoms with E-state index in [2.05, 4.69) is 17.2 Å². The summed E-state index contributed by atoms with van der Waals surface area (Å²) in [7, 11) is -6.12. The van der Waals surface area contributed by atoms with Gasteiger partial charge in [-0.3, -0.25) is 4.79 Å². The van der Waals surface area contributed by atoms with E-state index in [1.807, 2.05) is 0 Å². The normalized spacial score (nSPS) is 15.9. The van der Waals surface area contributed by atoms with Gasteiger partial charge < -0.3 is 9.02 Å². The molecule has 0 aliphatic carbocycles. The van der Waals surface area contributed by atoms with E-state index in [9.17, 15) is 21.6 Å². The van der Waals surface area contributed by atoms with E-state index < -0.39 is 25.7 Å². The van der Waals surface area contributed by atoms with E-state index in [-0.39, 0.29) is 39.8 Å². The monoisotopic (exact) mass is 553 g/mol. The van der Waals surface area contributed by atoms with Gasteiger partial charge in [-0.05, 0) is 38.0 Å². The lowest BCUT2D eigenvalue weighted by Crippen LogP contribution is -2.24. The second-order valence-electron chi connectivity index (χ2n) is 9.02. The highest BCUT2D eigenvalue weighted by atomic mass is 32.2. The van der Waals surface area contributed by atoms with Crippen LogP contribution in [0.3, 0.4) is 0 Å². The third-order valence-electron chi connectivity index (χ3n) is 6.39. The Kier molecular flexibility index (Phi) is 9.51. The molecule has 10 nitrogen and oxygen atoms in total. The summed E-state index contributed by atoms with van der Waals surface area (Å²) >= 11 is 0. The molecule has 0 unspecified atom stereocenters. The highest BCUT2D eigenvalue weighted by Gasteiger charge is 2.33. The number of benzene rings is 1. The lowest BCUT2D eigenvalue weighted by atomic mass is 9.93. The van der Waals surface area contributed by atoms with Crippen LogP contribution in [0.4, 0.5) is 0 Å². The van der Waals surface area contributed by atoms with Crippen molar-refractivity contribution in [3.63, 3.8) is 0 Å². The van der Waals surface area contributed by atoms with Crippen LogP contribution in [0.25, 0.3) is 0 Å². The molecule has 3 rings (SSSR count). The molecule has 0 spiro atoms. The number of aromatic nitrogens is 2.